The molecule has 0 radical (unpaired) electrons. The highest BCUT2D eigenvalue weighted by molar-refractivity contribution is 9.10. The first-order chi connectivity index (χ1) is 13.0. The van der Waals surface area contributed by atoms with Crippen LogP contribution in [-0.2, 0) is 4.79 Å². The van der Waals surface area contributed by atoms with E-state index in [2.05, 4.69) is 21.2 Å². The maximum Gasteiger partial charge on any atom is 0.255 e. The average Bonchev–Trinajstić information content (AvgIpc) is 3.13. The third-order valence-electron chi connectivity index (χ3n) is 4.37. The molecule has 0 saturated heterocycles. The third-order valence-corrected chi connectivity index (χ3v) is 6.06. The van der Waals surface area contributed by atoms with Gasteiger partial charge in [-0.05, 0) is 53.9 Å². The summed E-state index contributed by atoms with van der Waals surface area (Å²) in [6.07, 6.45) is 0. The molecule has 1 atom stereocenters. The first kappa shape index (κ1) is 18.2. The van der Waals surface area contributed by atoms with E-state index >= 15 is 0 Å². The molecular formula is C20H14BrClN2O2S. The Labute approximate surface area is 173 Å². The van der Waals surface area contributed by atoms with Gasteiger partial charge in [0.2, 0.25) is 5.91 Å². The lowest BCUT2D eigenvalue weighted by molar-refractivity contribution is -0.117. The number of halogens is 2. The van der Waals surface area contributed by atoms with Crippen LogP contribution >= 0.6 is 38.9 Å². The van der Waals surface area contributed by atoms with Crippen molar-refractivity contribution in [1.82, 2.24) is 4.90 Å². The summed E-state index contributed by atoms with van der Waals surface area (Å²) in [5.41, 5.74) is 2.01. The average molecular weight is 462 g/mol. The summed E-state index contributed by atoms with van der Waals surface area (Å²) in [7, 11) is 0. The van der Waals surface area contributed by atoms with Gasteiger partial charge < -0.3 is 10.2 Å². The Morgan fingerprint density at radius 3 is 2.67 bits per heavy atom. The summed E-state index contributed by atoms with van der Waals surface area (Å²) in [5.74, 6) is -0.438. The summed E-state index contributed by atoms with van der Waals surface area (Å²) < 4.78 is 0.889. The minimum absolute atomic E-state index is 0.0379. The maximum atomic E-state index is 13.3. The number of amides is 2. The van der Waals surface area contributed by atoms with E-state index in [0.717, 1.165) is 14.9 Å². The molecule has 27 heavy (non-hydrogen) atoms. The number of thiophene rings is 1. The van der Waals surface area contributed by atoms with Crippen LogP contribution in [0, 0.1) is 0 Å². The predicted molar refractivity (Wildman–Crippen MR) is 111 cm³/mol. The van der Waals surface area contributed by atoms with E-state index in [1.807, 2.05) is 35.7 Å². The summed E-state index contributed by atoms with van der Waals surface area (Å²) in [6.45, 7) is -0.0379. The molecule has 1 N–H and O–H groups in total. The molecule has 2 amide bonds. The zero-order chi connectivity index (χ0) is 19.0. The topological polar surface area (TPSA) is 49.4 Å². The van der Waals surface area contributed by atoms with Crippen molar-refractivity contribution in [2.45, 2.75) is 6.04 Å². The van der Waals surface area contributed by atoms with Crippen LogP contribution in [0.4, 0.5) is 5.69 Å². The molecule has 0 saturated carbocycles. The smallest absolute Gasteiger partial charge is 0.255 e. The number of benzene rings is 2. The zero-order valence-corrected chi connectivity index (χ0v) is 17.1. The lowest BCUT2D eigenvalue weighted by Crippen LogP contribution is -2.38. The van der Waals surface area contributed by atoms with E-state index < -0.39 is 6.04 Å². The summed E-state index contributed by atoms with van der Waals surface area (Å²) in [6, 6.07) is 16.0. The van der Waals surface area contributed by atoms with Crippen LogP contribution < -0.4 is 5.32 Å². The normalized spacial score (nSPS) is 16.4. The highest BCUT2D eigenvalue weighted by atomic mass is 79.9. The number of nitrogens with zero attached hydrogens (tertiary/aromatic N) is 1. The molecule has 2 heterocycles. The van der Waals surface area contributed by atoms with Gasteiger partial charge >= 0.3 is 0 Å². The van der Waals surface area contributed by atoms with Crippen molar-refractivity contribution in [2.24, 2.45) is 0 Å². The number of carbonyl (C=O) groups is 2. The highest BCUT2D eigenvalue weighted by Crippen LogP contribution is 2.39. The Morgan fingerprint density at radius 1 is 1.19 bits per heavy atom. The van der Waals surface area contributed by atoms with Crippen LogP contribution in [0.5, 0.6) is 0 Å². The van der Waals surface area contributed by atoms with E-state index in [9.17, 15) is 9.59 Å². The molecule has 4 nitrogen and oxygen atoms in total. The second-order valence-corrected chi connectivity index (χ2v) is 8.47. The number of carbonyl (C=O) groups excluding carboxylic acids is 2. The van der Waals surface area contributed by atoms with E-state index in [1.165, 1.54) is 0 Å². The van der Waals surface area contributed by atoms with Crippen molar-refractivity contribution in [2.75, 3.05) is 11.9 Å². The van der Waals surface area contributed by atoms with Crippen LogP contribution in [0.1, 0.15) is 26.8 Å². The van der Waals surface area contributed by atoms with Crippen molar-refractivity contribution >= 4 is 56.4 Å². The van der Waals surface area contributed by atoms with Crippen molar-refractivity contribution in [3.8, 4) is 0 Å². The second kappa shape index (κ2) is 7.46. The fourth-order valence-corrected chi connectivity index (χ4v) is 4.48. The van der Waals surface area contributed by atoms with Crippen molar-refractivity contribution in [3.05, 3.63) is 85.5 Å². The van der Waals surface area contributed by atoms with Gasteiger partial charge in [-0.3, -0.25) is 9.59 Å². The standard InChI is InChI=1S/C20H14BrClN2O2S/c21-13-5-3-12(4-6-13)20(26)24-11-18(25)23-16-8-7-14(22)10-15(16)19(24)17-2-1-9-27-17/h1-10,19H,11H2,(H,23,25). The molecule has 7 heteroatoms. The summed E-state index contributed by atoms with van der Waals surface area (Å²) in [4.78, 5) is 28.4. The van der Waals surface area contributed by atoms with Crippen molar-refractivity contribution in [3.63, 3.8) is 0 Å². The molecule has 0 bridgehead atoms. The van der Waals surface area contributed by atoms with Gasteiger partial charge in [-0.25, -0.2) is 0 Å². The van der Waals surface area contributed by atoms with Gasteiger partial charge in [0.05, 0.1) is 6.04 Å². The molecule has 0 spiro atoms. The molecule has 0 aliphatic carbocycles. The molecule has 2 aromatic carbocycles. The van der Waals surface area contributed by atoms with E-state index in [4.69, 9.17) is 11.6 Å². The van der Waals surface area contributed by atoms with Gasteiger partial charge in [0, 0.05) is 31.2 Å². The summed E-state index contributed by atoms with van der Waals surface area (Å²) in [5, 5.41) is 5.41. The SMILES string of the molecule is O=C1CN(C(=O)c2ccc(Br)cc2)C(c2cccs2)c2cc(Cl)ccc2N1. The first-order valence-corrected chi connectivity index (χ1v) is 10.3. The fourth-order valence-electron chi connectivity index (χ4n) is 3.18. The highest BCUT2D eigenvalue weighted by Gasteiger charge is 2.34. The first-order valence-electron chi connectivity index (χ1n) is 8.22. The van der Waals surface area contributed by atoms with Crippen LogP contribution in [0.2, 0.25) is 5.02 Å². The second-order valence-electron chi connectivity index (χ2n) is 6.14. The predicted octanol–water partition coefficient (Wildman–Crippen LogP) is 5.35. The molecular weight excluding hydrogens is 448 g/mol. The zero-order valence-electron chi connectivity index (χ0n) is 14.0. The van der Waals surface area contributed by atoms with Gasteiger partial charge in [-0.2, -0.15) is 0 Å². The Balaban J connectivity index is 1.86. The molecule has 1 unspecified atom stereocenters. The van der Waals surface area contributed by atoms with Gasteiger partial charge in [-0.15, -0.1) is 11.3 Å². The molecule has 1 aromatic heterocycles. The molecule has 1 aliphatic rings. The number of nitrogens with one attached hydrogen (secondary N) is 1. The van der Waals surface area contributed by atoms with Gasteiger partial charge in [-0.1, -0.05) is 33.6 Å². The van der Waals surface area contributed by atoms with Gasteiger partial charge in [0.1, 0.15) is 6.54 Å². The monoisotopic (exact) mass is 460 g/mol. The minimum atomic E-state index is -0.395. The van der Waals surface area contributed by atoms with Crippen molar-refractivity contribution < 1.29 is 9.59 Å². The Bertz CT molecular complexity index is 1010. The quantitative estimate of drug-likeness (QED) is 0.559. The minimum Gasteiger partial charge on any atom is -0.324 e. The number of hydrogen-bond donors (Lipinski definition) is 1. The van der Waals surface area contributed by atoms with E-state index in [-0.39, 0.29) is 18.4 Å². The summed E-state index contributed by atoms with van der Waals surface area (Å²) >= 11 is 11.2. The number of anilines is 1. The van der Waals surface area contributed by atoms with Crippen LogP contribution in [0.15, 0.2) is 64.5 Å². The van der Waals surface area contributed by atoms with Crippen LogP contribution in [-0.4, -0.2) is 23.3 Å². The Kier molecular flexibility index (Phi) is 5.04. The number of rotatable bonds is 2. The maximum absolute atomic E-state index is 13.3. The number of fused-ring (bicyclic) bond motifs is 1. The molecule has 136 valence electrons. The van der Waals surface area contributed by atoms with Gasteiger partial charge in [0.25, 0.3) is 5.91 Å². The van der Waals surface area contributed by atoms with E-state index in [1.54, 1.807) is 40.5 Å². The fraction of sp³-hybridized carbons (Fsp3) is 0.100. The lowest BCUT2D eigenvalue weighted by Gasteiger charge is -2.29. The van der Waals surface area contributed by atoms with E-state index in [0.29, 0.717) is 16.3 Å². The molecule has 4 rings (SSSR count). The van der Waals surface area contributed by atoms with Crippen molar-refractivity contribution in [1.29, 1.82) is 0 Å². The van der Waals surface area contributed by atoms with Crippen LogP contribution in [0.3, 0.4) is 0 Å². The third kappa shape index (κ3) is 3.65. The Morgan fingerprint density at radius 2 is 1.96 bits per heavy atom. The molecule has 0 fully saturated rings. The lowest BCUT2D eigenvalue weighted by atomic mass is 10.0. The number of hydrogen-bond acceptors (Lipinski definition) is 3. The Hall–Kier alpha value is -2.15. The molecule has 3 aromatic rings. The van der Waals surface area contributed by atoms with Gasteiger partial charge in [0.15, 0.2) is 0 Å². The molecule has 1 aliphatic heterocycles. The van der Waals surface area contributed by atoms with Crippen LogP contribution in [0.25, 0.3) is 0 Å². The largest absolute Gasteiger partial charge is 0.324 e.